The average molecular weight is 441 g/mol. The third-order valence-corrected chi connectivity index (χ3v) is 6.78. The van der Waals surface area contributed by atoms with Crippen molar-refractivity contribution in [2.24, 2.45) is 0 Å². The number of hydrogen-bond donors (Lipinski definition) is 0. The predicted octanol–water partition coefficient (Wildman–Crippen LogP) is 7.58. The monoisotopic (exact) mass is 440 g/mol. The first-order valence-electron chi connectivity index (χ1n) is 9.04. The number of aromatic nitrogens is 2. The minimum Gasteiger partial charge on any atom is -0.244 e. The highest BCUT2D eigenvalue weighted by Crippen LogP contribution is 2.37. The second-order valence-corrected chi connectivity index (χ2v) is 9.26. The molecular weight excluding hydrogens is 428 g/mol. The predicted molar refractivity (Wildman–Crippen MR) is 123 cm³/mol. The van der Waals surface area contributed by atoms with Gasteiger partial charge in [0.05, 0.1) is 15.7 Å². The van der Waals surface area contributed by atoms with Crippen molar-refractivity contribution in [3.05, 3.63) is 82.8 Å². The molecule has 28 heavy (non-hydrogen) atoms. The number of benzene rings is 4. The van der Waals surface area contributed by atoms with Gasteiger partial charge in [-0.3, -0.25) is 0 Å². The molecule has 0 aliphatic carbocycles. The van der Waals surface area contributed by atoms with Gasteiger partial charge in [-0.1, -0.05) is 60.7 Å². The van der Waals surface area contributed by atoms with Crippen LogP contribution in [0.4, 0.5) is 0 Å². The van der Waals surface area contributed by atoms with Crippen LogP contribution in [-0.2, 0) is 0 Å². The highest BCUT2D eigenvalue weighted by Gasteiger charge is 2.11. The smallest absolute Gasteiger partial charge is 0.142 e. The first kappa shape index (κ1) is 16.2. The van der Waals surface area contributed by atoms with Crippen LogP contribution in [0.1, 0.15) is 0 Å². The van der Waals surface area contributed by atoms with E-state index in [1.807, 2.05) is 12.3 Å². The maximum atomic E-state index is 4.83. The van der Waals surface area contributed by atoms with E-state index in [4.69, 9.17) is 4.98 Å². The Balaban J connectivity index is 1.69. The summed E-state index contributed by atoms with van der Waals surface area (Å²) in [6, 6.07) is 25.9. The summed E-state index contributed by atoms with van der Waals surface area (Å²) in [4.78, 5) is 10.4. The zero-order valence-electron chi connectivity index (χ0n) is 14.7. The number of thiophene rings is 1. The Morgan fingerprint density at radius 1 is 0.679 bits per heavy atom. The molecule has 6 aromatic rings. The van der Waals surface area contributed by atoms with Gasteiger partial charge in [-0.15, -0.1) is 11.3 Å². The fourth-order valence-electron chi connectivity index (χ4n) is 4.00. The van der Waals surface area contributed by atoms with Gasteiger partial charge in [0.15, 0.2) is 0 Å². The molecule has 2 heterocycles. The summed E-state index contributed by atoms with van der Waals surface area (Å²) in [7, 11) is 0. The summed E-state index contributed by atoms with van der Waals surface area (Å²) in [6.45, 7) is 0. The molecule has 0 aliphatic rings. The number of fused-ring (bicyclic) bond motifs is 7. The Labute approximate surface area is 173 Å². The maximum absolute atomic E-state index is 4.83. The topological polar surface area (TPSA) is 25.8 Å². The number of nitrogens with zero attached hydrogens (tertiary/aromatic N) is 2. The maximum Gasteiger partial charge on any atom is 0.142 e. The van der Waals surface area contributed by atoms with Crippen molar-refractivity contribution in [2.45, 2.75) is 0 Å². The molecule has 0 saturated carbocycles. The van der Waals surface area contributed by atoms with E-state index in [0.717, 1.165) is 25.4 Å². The Bertz CT molecular complexity index is 1500. The average Bonchev–Trinajstić information content (AvgIpc) is 3.13. The molecule has 0 unspecified atom stereocenters. The lowest BCUT2D eigenvalue weighted by Gasteiger charge is -2.11. The summed E-state index contributed by atoms with van der Waals surface area (Å²) >= 11 is 5.13. The van der Waals surface area contributed by atoms with Crippen molar-refractivity contribution in [3.8, 4) is 11.3 Å². The SMILES string of the molecule is Brc1cc2nc(-c3ccc4c5ccccc5c5ccccc5c4c3)cnc2s1. The van der Waals surface area contributed by atoms with E-state index >= 15 is 0 Å². The van der Waals surface area contributed by atoms with Crippen LogP contribution in [0, 0.1) is 0 Å². The second-order valence-electron chi connectivity index (χ2n) is 6.85. The van der Waals surface area contributed by atoms with Crippen LogP contribution in [-0.4, -0.2) is 9.97 Å². The zero-order chi connectivity index (χ0) is 18.7. The van der Waals surface area contributed by atoms with Crippen LogP contribution in [0.25, 0.3) is 53.9 Å². The molecule has 0 atom stereocenters. The van der Waals surface area contributed by atoms with E-state index in [-0.39, 0.29) is 0 Å². The van der Waals surface area contributed by atoms with Gasteiger partial charge in [-0.25, -0.2) is 9.97 Å². The molecule has 0 bridgehead atoms. The van der Waals surface area contributed by atoms with E-state index in [1.165, 1.54) is 32.3 Å². The van der Waals surface area contributed by atoms with Crippen LogP contribution in [0.3, 0.4) is 0 Å². The van der Waals surface area contributed by atoms with Gasteiger partial charge in [-0.2, -0.15) is 0 Å². The fourth-order valence-corrected chi connectivity index (χ4v) is 5.35. The highest BCUT2D eigenvalue weighted by atomic mass is 79.9. The molecule has 0 amide bonds. The van der Waals surface area contributed by atoms with Crippen molar-refractivity contribution in [1.29, 1.82) is 0 Å². The van der Waals surface area contributed by atoms with Crippen LogP contribution in [0.5, 0.6) is 0 Å². The molecule has 2 nitrogen and oxygen atoms in total. The van der Waals surface area contributed by atoms with E-state index in [0.29, 0.717) is 0 Å². The van der Waals surface area contributed by atoms with E-state index in [1.54, 1.807) is 11.3 Å². The Hall–Kier alpha value is -2.82. The fraction of sp³-hybridized carbons (Fsp3) is 0. The molecule has 6 rings (SSSR count). The highest BCUT2D eigenvalue weighted by molar-refractivity contribution is 9.11. The molecule has 132 valence electrons. The summed E-state index contributed by atoms with van der Waals surface area (Å²) < 4.78 is 1.05. The van der Waals surface area contributed by atoms with Gasteiger partial charge in [0, 0.05) is 5.56 Å². The van der Waals surface area contributed by atoms with Crippen molar-refractivity contribution in [3.63, 3.8) is 0 Å². The minimum absolute atomic E-state index is 0.900. The van der Waals surface area contributed by atoms with Gasteiger partial charge >= 0.3 is 0 Å². The van der Waals surface area contributed by atoms with Crippen molar-refractivity contribution in [1.82, 2.24) is 9.97 Å². The van der Waals surface area contributed by atoms with Crippen molar-refractivity contribution in [2.75, 3.05) is 0 Å². The normalized spacial score (nSPS) is 11.8. The third-order valence-electron chi connectivity index (χ3n) is 5.25. The van der Waals surface area contributed by atoms with Crippen LogP contribution >= 0.6 is 27.3 Å². The zero-order valence-corrected chi connectivity index (χ0v) is 17.1. The molecule has 4 heteroatoms. The Morgan fingerprint density at radius 3 is 1.96 bits per heavy atom. The lowest BCUT2D eigenvalue weighted by Crippen LogP contribution is -1.88. The van der Waals surface area contributed by atoms with Gasteiger partial charge in [-0.05, 0) is 60.4 Å². The molecule has 4 aromatic carbocycles. The van der Waals surface area contributed by atoms with Gasteiger partial charge in [0.25, 0.3) is 0 Å². The second kappa shape index (κ2) is 6.09. The summed E-state index contributed by atoms with van der Waals surface area (Å²) in [5, 5.41) is 7.65. The first-order valence-corrected chi connectivity index (χ1v) is 10.6. The van der Waals surface area contributed by atoms with Crippen molar-refractivity contribution >= 4 is 69.9 Å². The van der Waals surface area contributed by atoms with Crippen LogP contribution in [0.2, 0.25) is 0 Å². The number of halogens is 1. The molecule has 0 radical (unpaired) electrons. The molecule has 0 N–H and O–H groups in total. The quantitative estimate of drug-likeness (QED) is 0.246. The Kier molecular flexibility index (Phi) is 3.52. The third kappa shape index (κ3) is 2.38. The molecule has 0 aliphatic heterocycles. The minimum atomic E-state index is 0.900. The largest absolute Gasteiger partial charge is 0.244 e. The standard InChI is InChI=1S/C24H13BrN2S/c25-23-12-21-24(28-23)26-13-22(27-21)14-9-10-19-17-7-2-1-5-15(17)16-6-3-4-8-18(16)20(19)11-14/h1-13H. The van der Waals surface area contributed by atoms with E-state index < -0.39 is 0 Å². The van der Waals surface area contributed by atoms with E-state index in [2.05, 4.69) is 87.6 Å². The van der Waals surface area contributed by atoms with E-state index in [9.17, 15) is 0 Å². The number of hydrogen-bond acceptors (Lipinski definition) is 3. The Morgan fingerprint density at radius 2 is 1.29 bits per heavy atom. The molecule has 0 fully saturated rings. The molecular formula is C24H13BrN2S. The molecule has 0 saturated heterocycles. The number of rotatable bonds is 1. The molecule has 0 spiro atoms. The van der Waals surface area contributed by atoms with Crippen LogP contribution in [0.15, 0.2) is 82.8 Å². The first-order chi connectivity index (χ1) is 13.8. The molecule has 2 aromatic heterocycles. The van der Waals surface area contributed by atoms with Gasteiger partial charge in [0.2, 0.25) is 0 Å². The summed E-state index contributed by atoms with van der Waals surface area (Å²) in [5.74, 6) is 0. The lowest BCUT2D eigenvalue weighted by molar-refractivity contribution is 1.32. The lowest BCUT2D eigenvalue weighted by atomic mass is 9.93. The summed E-state index contributed by atoms with van der Waals surface area (Å²) in [5.41, 5.74) is 2.92. The summed E-state index contributed by atoms with van der Waals surface area (Å²) in [6.07, 6.45) is 1.87. The van der Waals surface area contributed by atoms with Gasteiger partial charge < -0.3 is 0 Å². The van der Waals surface area contributed by atoms with Gasteiger partial charge in [0.1, 0.15) is 10.3 Å². The van der Waals surface area contributed by atoms with Crippen molar-refractivity contribution < 1.29 is 0 Å². The van der Waals surface area contributed by atoms with Crippen LogP contribution < -0.4 is 0 Å².